The molecule has 1 saturated heterocycles. The Labute approximate surface area is 144 Å². The first-order chi connectivity index (χ1) is 10.9. The van der Waals surface area contributed by atoms with Crippen LogP contribution in [0.1, 0.15) is 13.3 Å². The van der Waals surface area contributed by atoms with Gasteiger partial charge in [0.25, 0.3) is 5.92 Å². The number of hydrogen-bond acceptors (Lipinski definition) is 4. The average molecular weight is 364 g/mol. The van der Waals surface area contributed by atoms with Gasteiger partial charge in [-0.1, -0.05) is 0 Å². The van der Waals surface area contributed by atoms with E-state index in [4.69, 9.17) is 4.74 Å². The fourth-order valence-electron chi connectivity index (χ4n) is 2.20. The molecule has 134 valence electrons. The first-order valence-electron chi connectivity index (χ1n) is 7.31. The molecule has 0 aliphatic carbocycles. The third-order valence-corrected chi connectivity index (χ3v) is 3.30. The van der Waals surface area contributed by atoms with Crippen molar-refractivity contribution in [2.24, 2.45) is 0 Å². The lowest BCUT2D eigenvalue weighted by molar-refractivity contribution is -0.125. The lowest BCUT2D eigenvalue weighted by atomic mass is 10.2. The monoisotopic (exact) mass is 363 g/mol. The van der Waals surface area contributed by atoms with Gasteiger partial charge in [-0.05, 0) is 31.2 Å². The molecule has 0 radical (unpaired) electrons. The zero-order chi connectivity index (χ0) is 16.9. The topological polar surface area (TPSA) is 79.5 Å². The number of halogens is 3. The predicted octanol–water partition coefficient (Wildman–Crippen LogP) is 1.56. The van der Waals surface area contributed by atoms with Crippen LogP contribution in [0.4, 0.5) is 14.5 Å². The fraction of sp³-hybridized carbons (Fsp3) is 0.467. The quantitative estimate of drug-likeness (QED) is 0.716. The lowest BCUT2D eigenvalue weighted by Gasteiger charge is -2.11. The summed E-state index contributed by atoms with van der Waals surface area (Å²) in [6.07, 6.45) is -0.556. The Morgan fingerprint density at radius 2 is 2.00 bits per heavy atom. The van der Waals surface area contributed by atoms with Gasteiger partial charge in [-0.3, -0.25) is 14.9 Å². The standard InChI is InChI=1S/C15H19F2N3O3.ClH/c1-2-23-11-5-3-10(4-6-11)20-13(21)8-18-14(22)12-7-15(16,17)9-19-12;/h3-6,12,19H,2,7-9H2,1H3,(H,18,22)(H,20,21);1H. The number of anilines is 1. The molecule has 0 saturated carbocycles. The first-order valence-corrected chi connectivity index (χ1v) is 7.31. The second kappa shape index (κ2) is 8.79. The number of hydrogen-bond donors (Lipinski definition) is 3. The summed E-state index contributed by atoms with van der Waals surface area (Å²) in [5, 5.41) is 7.37. The zero-order valence-corrected chi connectivity index (χ0v) is 13.9. The first kappa shape index (κ1) is 20.1. The maximum Gasteiger partial charge on any atom is 0.262 e. The van der Waals surface area contributed by atoms with Crippen molar-refractivity contribution in [3.8, 4) is 5.75 Å². The van der Waals surface area contributed by atoms with Gasteiger partial charge < -0.3 is 15.4 Å². The Bertz CT molecular complexity index is 570. The second-order valence-electron chi connectivity index (χ2n) is 5.22. The molecule has 2 amide bonds. The predicted molar refractivity (Wildman–Crippen MR) is 87.9 cm³/mol. The van der Waals surface area contributed by atoms with Crippen LogP contribution in [0.5, 0.6) is 5.75 Å². The van der Waals surface area contributed by atoms with Crippen LogP contribution in [0.25, 0.3) is 0 Å². The summed E-state index contributed by atoms with van der Waals surface area (Å²) in [4.78, 5) is 23.4. The van der Waals surface area contributed by atoms with Gasteiger partial charge in [0.2, 0.25) is 11.8 Å². The van der Waals surface area contributed by atoms with Crippen LogP contribution in [0, 0.1) is 0 Å². The Kier molecular flexibility index (Phi) is 7.37. The molecule has 6 nitrogen and oxygen atoms in total. The van der Waals surface area contributed by atoms with E-state index < -0.39 is 36.7 Å². The van der Waals surface area contributed by atoms with Gasteiger partial charge in [0, 0.05) is 12.1 Å². The molecule has 9 heteroatoms. The molecule has 0 aromatic heterocycles. The molecular weight excluding hydrogens is 344 g/mol. The van der Waals surface area contributed by atoms with Crippen LogP contribution in [-0.4, -0.2) is 43.5 Å². The zero-order valence-electron chi connectivity index (χ0n) is 13.1. The van der Waals surface area contributed by atoms with Crippen LogP contribution in [0.2, 0.25) is 0 Å². The minimum absolute atomic E-state index is 0. The molecule has 3 N–H and O–H groups in total. The highest BCUT2D eigenvalue weighted by Crippen LogP contribution is 2.24. The number of carbonyl (C=O) groups excluding carboxylic acids is 2. The van der Waals surface area contributed by atoms with Crippen LogP contribution in [0.3, 0.4) is 0 Å². The van der Waals surface area contributed by atoms with Gasteiger partial charge in [-0.15, -0.1) is 12.4 Å². The van der Waals surface area contributed by atoms with Crippen molar-refractivity contribution in [1.29, 1.82) is 0 Å². The van der Waals surface area contributed by atoms with Gasteiger partial charge in [0.1, 0.15) is 5.75 Å². The van der Waals surface area contributed by atoms with Crippen LogP contribution < -0.4 is 20.7 Å². The summed E-state index contributed by atoms with van der Waals surface area (Å²) in [6, 6.07) is 5.79. The van der Waals surface area contributed by atoms with Gasteiger partial charge in [0.05, 0.1) is 25.7 Å². The Balaban J connectivity index is 0.00000288. The van der Waals surface area contributed by atoms with Crippen LogP contribution in [-0.2, 0) is 9.59 Å². The molecule has 1 fully saturated rings. The van der Waals surface area contributed by atoms with Gasteiger partial charge in [0.15, 0.2) is 0 Å². The van der Waals surface area contributed by atoms with E-state index in [1.807, 2.05) is 6.92 Å². The Morgan fingerprint density at radius 3 is 2.54 bits per heavy atom. The molecular formula is C15H20ClF2N3O3. The van der Waals surface area contributed by atoms with E-state index >= 15 is 0 Å². The minimum Gasteiger partial charge on any atom is -0.494 e. The normalized spacial score (nSPS) is 18.4. The van der Waals surface area contributed by atoms with Crippen molar-refractivity contribution >= 4 is 29.9 Å². The van der Waals surface area contributed by atoms with E-state index in [1.165, 1.54) is 0 Å². The molecule has 24 heavy (non-hydrogen) atoms. The number of amides is 2. The van der Waals surface area contributed by atoms with Crippen molar-refractivity contribution in [3.63, 3.8) is 0 Å². The molecule has 1 aromatic rings. The van der Waals surface area contributed by atoms with E-state index in [1.54, 1.807) is 24.3 Å². The number of nitrogens with one attached hydrogen (secondary N) is 3. The Hall–Kier alpha value is -1.93. The summed E-state index contributed by atoms with van der Waals surface area (Å²) in [5.41, 5.74) is 0.554. The molecule has 0 spiro atoms. The molecule has 0 bridgehead atoms. The summed E-state index contributed by atoms with van der Waals surface area (Å²) in [7, 11) is 0. The number of alkyl halides is 2. The molecule has 2 rings (SSSR count). The van der Waals surface area contributed by atoms with E-state index in [2.05, 4.69) is 16.0 Å². The highest BCUT2D eigenvalue weighted by Gasteiger charge is 2.42. The van der Waals surface area contributed by atoms with Gasteiger partial charge >= 0.3 is 0 Å². The minimum atomic E-state index is -2.88. The molecule has 1 aliphatic heterocycles. The van der Waals surface area contributed by atoms with E-state index in [0.717, 1.165) is 0 Å². The lowest BCUT2D eigenvalue weighted by Crippen LogP contribution is -2.43. The highest BCUT2D eigenvalue weighted by atomic mass is 35.5. The van der Waals surface area contributed by atoms with Gasteiger partial charge in [-0.25, -0.2) is 8.78 Å². The van der Waals surface area contributed by atoms with Crippen molar-refractivity contribution < 1.29 is 23.1 Å². The van der Waals surface area contributed by atoms with Crippen molar-refractivity contribution in [2.45, 2.75) is 25.3 Å². The number of carbonyl (C=O) groups is 2. The van der Waals surface area contributed by atoms with E-state index in [9.17, 15) is 18.4 Å². The largest absolute Gasteiger partial charge is 0.494 e. The summed E-state index contributed by atoms with van der Waals surface area (Å²) < 4.78 is 31.3. The average Bonchev–Trinajstić information content (AvgIpc) is 2.87. The SMILES string of the molecule is CCOc1ccc(NC(=O)CNC(=O)C2CC(F)(F)CN2)cc1.Cl. The van der Waals surface area contributed by atoms with Crippen molar-refractivity contribution in [3.05, 3.63) is 24.3 Å². The van der Waals surface area contributed by atoms with Gasteiger partial charge in [-0.2, -0.15) is 0 Å². The molecule has 1 aliphatic rings. The number of benzene rings is 1. The van der Waals surface area contributed by atoms with Crippen LogP contribution in [0.15, 0.2) is 24.3 Å². The third kappa shape index (κ3) is 5.93. The third-order valence-electron chi connectivity index (χ3n) is 3.30. The summed E-state index contributed by atoms with van der Waals surface area (Å²) >= 11 is 0. The molecule has 1 atom stereocenters. The van der Waals surface area contributed by atoms with E-state index in [-0.39, 0.29) is 19.0 Å². The molecule has 1 aromatic carbocycles. The fourth-order valence-corrected chi connectivity index (χ4v) is 2.20. The smallest absolute Gasteiger partial charge is 0.262 e. The number of rotatable bonds is 6. The maximum atomic E-state index is 13.0. The molecule has 1 unspecified atom stereocenters. The van der Waals surface area contributed by atoms with Crippen molar-refractivity contribution in [1.82, 2.24) is 10.6 Å². The summed E-state index contributed by atoms with van der Waals surface area (Å²) in [6.45, 7) is 1.61. The molecule has 1 heterocycles. The summed E-state index contributed by atoms with van der Waals surface area (Å²) in [5.74, 6) is -3.24. The second-order valence-corrected chi connectivity index (χ2v) is 5.22. The highest BCUT2D eigenvalue weighted by molar-refractivity contribution is 5.95. The maximum absolute atomic E-state index is 13.0. The van der Waals surface area contributed by atoms with Crippen LogP contribution >= 0.6 is 12.4 Å². The Morgan fingerprint density at radius 1 is 1.33 bits per heavy atom. The number of ether oxygens (including phenoxy) is 1. The van der Waals surface area contributed by atoms with E-state index in [0.29, 0.717) is 18.0 Å². The van der Waals surface area contributed by atoms with Crippen molar-refractivity contribution in [2.75, 3.05) is 25.0 Å².